The van der Waals surface area contributed by atoms with Crippen molar-refractivity contribution < 1.29 is 13.4 Å². The molecule has 45 heavy (non-hydrogen) atoms. The second kappa shape index (κ2) is 11.6. The van der Waals surface area contributed by atoms with Gasteiger partial charge in [0, 0.05) is 54.1 Å². The maximum Gasteiger partial charge on any atom is 0.250 e. The zero-order valence-corrected chi connectivity index (χ0v) is 27.2. The lowest BCUT2D eigenvalue weighted by molar-refractivity contribution is 0.184. The van der Waals surface area contributed by atoms with Crippen molar-refractivity contribution in [3.63, 3.8) is 0 Å². The van der Waals surface area contributed by atoms with Crippen LogP contribution in [0.25, 0.3) is 32.1 Å². The number of pyridine rings is 2. The molecule has 10 nitrogen and oxygen atoms in total. The summed E-state index contributed by atoms with van der Waals surface area (Å²) in [5, 5.41) is 12.4. The number of thiophene rings is 1. The van der Waals surface area contributed by atoms with Crippen LogP contribution in [0, 0.1) is 18.8 Å². The van der Waals surface area contributed by atoms with E-state index >= 15 is 0 Å². The van der Waals surface area contributed by atoms with Crippen LogP contribution in [0.5, 0.6) is 0 Å². The van der Waals surface area contributed by atoms with Crippen LogP contribution in [0.15, 0.2) is 40.0 Å². The van der Waals surface area contributed by atoms with E-state index in [0.717, 1.165) is 99.3 Å². The SMILES string of the molecule is Cc1nnc(-c2c(CCC3CCOC3)nc3c(c2-c2cc4ncnc(NC5CCc6ncccc65)c4s2)S(=O)CC3C(C)C)o1. The smallest absolute Gasteiger partial charge is 0.250 e. The first kappa shape index (κ1) is 28.8. The summed E-state index contributed by atoms with van der Waals surface area (Å²) in [4.78, 5) is 21.0. The van der Waals surface area contributed by atoms with Crippen LogP contribution in [0.3, 0.4) is 0 Å². The zero-order chi connectivity index (χ0) is 30.7. The molecule has 2 aliphatic heterocycles. The summed E-state index contributed by atoms with van der Waals surface area (Å²) in [5.41, 5.74) is 6.72. The lowest BCUT2D eigenvalue weighted by atomic mass is 9.90. The number of ether oxygens (including phenoxy) is 1. The topological polar surface area (TPSA) is 129 Å². The number of fused-ring (bicyclic) bond motifs is 3. The maximum absolute atomic E-state index is 14.0. The number of rotatable bonds is 8. The number of anilines is 1. The number of nitrogens with zero attached hydrogens (tertiary/aromatic N) is 6. The highest BCUT2D eigenvalue weighted by Gasteiger charge is 2.39. The Morgan fingerprint density at radius 1 is 1.16 bits per heavy atom. The first-order chi connectivity index (χ1) is 21.9. The number of hydrogen-bond acceptors (Lipinski definition) is 11. The first-order valence-electron chi connectivity index (χ1n) is 15.7. The summed E-state index contributed by atoms with van der Waals surface area (Å²) in [5.74, 6) is 3.14. The van der Waals surface area contributed by atoms with Crippen molar-refractivity contribution in [1.29, 1.82) is 0 Å². The van der Waals surface area contributed by atoms with E-state index in [0.29, 0.717) is 29.4 Å². The van der Waals surface area contributed by atoms with Gasteiger partial charge in [0.15, 0.2) is 0 Å². The number of hydrogen-bond donors (Lipinski definition) is 1. The fourth-order valence-corrected chi connectivity index (χ4v) is 10.0. The fraction of sp³-hybridized carbons (Fsp3) is 0.455. The van der Waals surface area contributed by atoms with Crippen LogP contribution in [-0.2, 0) is 28.4 Å². The van der Waals surface area contributed by atoms with Gasteiger partial charge in [0.1, 0.15) is 12.1 Å². The molecule has 232 valence electrons. The molecule has 8 rings (SSSR count). The third kappa shape index (κ3) is 5.16. The van der Waals surface area contributed by atoms with Gasteiger partial charge < -0.3 is 14.5 Å². The minimum atomic E-state index is -1.23. The highest BCUT2D eigenvalue weighted by molar-refractivity contribution is 7.85. The van der Waals surface area contributed by atoms with Crippen LogP contribution < -0.4 is 5.32 Å². The molecule has 0 aromatic carbocycles. The van der Waals surface area contributed by atoms with Crippen molar-refractivity contribution in [2.75, 3.05) is 24.3 Å². The maximum atomic E-state index is 14.0. The van der Waals surface area contributed by atoms with Gasteiger partial charge in [-0.3, -0.25) is 14.2 Å². The Kier molecular flexibility index (Phi) is 7.46. The molecular formula is C33H35N7O3S2. The predicted octanol–water partition coefficient (Wildman–Crippen LogP) is 6.44. The number of nitrogens with one attached hydrogen (secondary N) is 1. The molecule has 0 radical (unpaired) electrons. The minimum absolute atomic E-state index is 0.106. The third-order valence-electron chi connectivity index (χ3n) is 9.36. The van der Waals surface area contributed by atoms with Gasteiger partial charge in [0.25, 0.3) is 0 Å². The molecular weight excluding hydrogens is 607 g/mol. The predicted molar refractivity (Wildman–Crippen MR) is 174 cm³/mol. The summed E-state index contributed by atoms with van der Waals surface area (Å²) in [7, 11) is -1.23. The Morgan fingerprint density at radius 3 is 2.87 bits per heavy atom. The molecule has 0 spiro atoms. The van der Waals surface area contributed by atoms with Crippen LogP contribution in [0.2, 0.25) is 0 Å². The lowest BCUT2D eigenvalue weighted by Crippen LogP contribution is -2.11. The Balaban J connectivity index is 1.30. The molecule has 4 unspecified atom stereocenters. The number of aryl methyl sites for hydroxylation is 3. The monoisotopic (exact) mass is 641 g/mol. The molecule has 3 aliphatic rings. The van der Waals surface area contributed by atoms with E-state index in [-0.39, 0.29) is 12.0 Å². The molecule has 1 fully saturated rings. The Hall–Kier alpha value is -3.61. The highest BCUT2D eigenvalue weighted by Crippen LogP contribution is 2.50. The van der Waals surface area contributed by atoms with E-state index in [4.69, 9.17) is 19.1 Å². The van der Waals surface area contributed by atoms with E-state index in [1.54, 1.807) is 24.6 Å². The average molecular weight is 642 g/mol. The summed E-state index contributed by atoms with van der Waals surface area (Å²) in [6.07, 6.45) is 8.11. The molecule has 0 amide bonds. The first-order valence-corrected chi connectivity index (χ1v) is 17.9. The summed E-state index contributed by atoms with van der Waals surface area (Å²) >= 11 is 1.61. The van der Waals surface area contributed by atoms with Crippen molar-refractivity contribution in [3.8, 4) is 21.9 Å². The van der Waals surface area contributed by atoms with Gasteiger partial charge in [-0.15, -0.1) is 21.5 Å². The van der Waals surface area contributed by atoms with E-state index in [1.807, 2.05) is 12.3 Å². The van der Waals surface area contributed by atoms with Gasteiger partial charge in [-0.25, -0.2) is 9.97 Å². The summed E-state index contributed by atoms with van der Waals surface area (Å²) < 4.78 is 26.8. The quantitative estimate of drug-likeness (QED) is 0.202. The second-order valence-corrected chi connectivity index (χ2v) is 15.1. The number of aromatic nitrogens is 6. The van der Waals surface area contributed by atoms with Crippen molar-refractivity contribution >= 4 is 38.2 Å². The summed E-state index contributed by atoms with van der Waals surface area (Å²) in [6, 6.07) is 6.35. The van der Waals surface area contributed by atoms with Gasteiger partial charge in [-0.05, 0) is 61.6 Å². The van der Waals surface area contributed by atoms with Gasteiger partial charge in [0.05, 0.1) is 48.9 Å². The molecule has 4 atom stereocenters. The second-order valence-electron chi connectivity index (χ2n) is 12.6. The summed E-state index contributed by atoms with van der Waals surface area (Å²) in [6.45, 7) is 7.75. The molecule has 1 saturated heterocycles. The molecule has 1 N–H and O–H groups in total. The average Bonchev–Trinajstić information content (AvgIpc) is 3.87. The Bertz CT molecular complexity index is 1930. The van der Waals surface area contributed by atoms with Crippen molar-refractivity contribution in [1.82, 2.24) is 30.1 Å². The van der Waals surface area contributed by atoms with E-state index < -0.39 is 10.8 Å². The van der Waals surface area contributed by atoms with Crippen molar-refractivity contribution in [2.45, 2.75) is 69.7 Å². The van der Waals surface area contributed by atoms with Gasteiger partial charge in [0.2, 0.25) is 11.8 Å². The van der Waals surface area contributed by atoms with E-state index in [2.05, 4.69) is 51.5 Å². The van der Waals surface area contributed by atoms with Crippen LogP contribution >= 0.6 is 11.3 Å². The standard InChI is InChI=1S/C33H35N7O3S2/c1-17(2)21-15-45(41)31-28(27(33-40-39-18(3)43-33)24(37-29(21)31)7-6-19-10-12-42-14-19)26-13-25-30(44-26)32(36-16-35-25)38-23-9-8-22-20(23)5-4-11-34-22/h4-5,11,13,16-17,19,21,23H,6-10,12,14-15H2,1-3H3,(H,35,36,38). The molecule has 0 saturated carbocycles. The Morgan fingerprint density at radius 2 is 2.07 bits per heavy atom. The van der Waals surface area contributed by atoms with Crippen molar-refractivity contribution in [3.05, 3.63) is 59.3 Å². The molecule has 7 heterocycles. The fourth-order valence-electron chi connectivity index (χ4n) is 6.96. The largest absolute Gasteiger partial charge is 0.421 e. The molecule has 0 bridgehead atoms. The van der Waals surface area contributed by atoms with Crippen molar-refractivity contribution in [2.24, 2.45) is 11.8 Å². The molecule has 5 aromatic rings. The normalized spacial score (nSPS) is 22.4. The van der Waals surface area contributed by atoms with Gasteiger partial charge in [-0.1, -0.05) is 19.9 Å². The molecule has 12 heteroatoms. The van der Waals surface area contributed by atoms with Crippen LogP contribution in [0.4, 0.5) is 5.82 Å². The molecule has 5 aromatic heterocycles. The highest BCUT2D eigenvalue weighted by atomic mass is 32.2. The zero-order valence-electron chi connectivity index (χ0n) is 25.6. The molecule has 1 aliphatic carbocycles. The van der Waals surface area contributed by atoms with Gasteiger partial charge >= 0.3 is 0 Å². The third-order valence-corrected chi connectivity index (χ3v) is 12.0. The van der Waals surface area contributed by atoms with Gasteiger partial charge in [-0.2, -0.15) is 0 Å². The van der Waals surface area contributed by atoms with E-state index in [9.17, 15) is 4.21 Å². The van der Waals surface area contributed by atoms with Crippen LogP contribution in [-0.4, -0.2) is 53.3 Å². The minimum Gasteiger partial charge on any atom is -0.421 e. The Labute approximate surface area is 267 Å². The van der Waals surface area contributed by atoms with Crippen LogP contribution in [0.1, 0.15) is 73.6 Å². The van der Waals surface area contributed by atoms with E-state index in [1.165, 1.54) is 5.56 Å². The lowest BCUT2D eigenvalue weighted by Gasteiger charge is -2.19.